The van der Waals surface area contributed by atoms with Crippen LogP contribution in [0.25, 0.3) is 0 Å². The fourth-order valence-electron chi connectivity index (χ4n) is 1.55. The molecule has 100 valence electrons. The van der Waals surface area contributed by atoms with Crippen molar-refractivity contribution in [2.24, 2.45) is 0 Å². The Morgan fingerprint density at radius 1 is 1.05 bits per heavy atom. The second kappa shape index (κ2) is 5.47. The molecule has 0 aliphatic rings. The third-order valence-electron chi connectivity index (χ3n) is 2.54. The summed E-state index contributed by atoms with van der Waals surface area (Å²) in [6.07, 6.45) is -4.32. The van der Waals surface area contributed by atoms with Gasteiger partial charge in [0.2, 0.25) is 0 Å². The van der Waals surface area contributed by atoms with Gasteiger partial charge in [-0.1, -0.05) is 35.5 Å². The molecule has 0 spiro atoms. The lowest BCUT2D eigenvalue weighted by atomic mass is 10.2. The molecule has 0 saturated heterocycles. The molecule has 2 rings (SSSR count). The summed E-state index contributed by atoms with van der Waals surface area (Å²) in [6.45, 7) is 1.90. The Hall–Kier alpha value is -1.13. The van der Waals surface area contributed by atoms with Crippen LogP contribution in [0.2, 0.25) is 5.02 Å². The van der Waals surface area contributed by atoms with Crippen molar-refractivity contribution >= 4 is 23.4 Å². The molecule has 0 fully saturated rings. The lowest BCUT2D eigenvalue weighted by Gasteiger charge is -2.10. The predicted octanol–water partition coefficient (Wildman–Crippen LogP) is 5.82. The first-order valence-electron chi connectivity index (χ1n) is 5.47. The van der Waals surface area contributed by atoms with E-state index in [4.69, 9.17) is 11.6 Å². The van der Waals surface area contributed by atoms with E-state index in [2.05, 4.69) is 0 Å². The maximum atomic E-state index is 12.6. The molecule has 0 heterocycles. The number of halogens is 4. The van der Waals surface area contributed by atoms with Crippen molar-refractivity contribution < 1.29 is 13.2 Å². The van der Waals surface area contributed by atoms with Crippen molar-refractivity contribution in [3.63, 3.8) is 0 Å². The Morgan fingerprint density at radius 3 is 2.47 bits per heavy atom. The van der Waals surface area contributed by atoms with E-state index < -0.39 is 11.7 Å². The molecular weight excluding hydrogens is 293 g/mol. The summed E-state index contributed by atoms with van der Waals surface area (Å²) in [5.74, 6) is 0. The van der Waals surface area contributed by atoms with E-state index in [0.29, 0.717) is 9.92 Å². The fourth-order valence-corrected chi connectivity index (χ4v) is 2.78. The molecule has 0 atom stereocenters. The number of rotatable bonds is 2. The molecule has 19 heavy (non-hydrogen) atoms. The smallest absolute Gasteiger partial charge is 0.166 e. The minimum Gasteiger partial charge on any atom is -0.166 e. The molecule has 0 saturated carbocycles. The highest BCUT2D eigenvalue weighted by Crippen LogP contribution is 2.36. The zero-order chi connectivity index (χ0) is 14.0. The summed E-state index contributed by atoms with van der Waals surface area (Å²) in [5, 5.41) is 0.570. The number of hydrogen-bond acceptors (Lipinski definition) is 1. The van der Waals surface area contributed by atoms with E-state index in [9.17, 15) is 13.2 Å². The van der Waals surface area contributed by atoms with Crippen molar-refractivity contribution in [3.8, 4) is 0 Å². The molecule has 0 nitrogen and oxygen atoms in total. The Balaban J connectivity index is 2.31. The minimum atomic E-state index is -4.32. The molecule has 0 unspecified atom stereocenters. The average Bonchev–Trinajstić information content (AvgIpc) is 2.33. The Kier molecular flexibility index (Phi) is 4.11. The van der Waals surface area contributed by atoms with Gasteiger partial charge in [0.15, 0.2) is 0 Å². The zero-order valence-electron chi connectivity index (χ0n) is 9.96. The molecule has 0 N–H and O–H groups in total. The van der Waals surface area contributed by atoms with Gasteiger partial charge in [-0.15, -0.1) is 0 Å². The van der Waals surface area contributed by atoms with Gasteiger partial charge in [0, 0.05) is 14.8 Å². The van der Waals surface area contributed by atoms with Crippen molar-refractivity contribution in [1.82, 2.24) is 0 Å². The molecule has 0 aliphatic carbocycles. The topological polar surface area (TPSA) is 0 Å². The van der Waals surface area contributed by atoms with Gasteiger partial charge in [0.1, 0.15) is 0 Å². The predicted molar refractivity (Wildman–Crippen MR) is 71.8 cm³/mol. The second-order valence-electron chi connectivity index (χ2n) is 4.04. The molecule has 2 aromatic rings. The summed E-state index contributed by atoms with van der Waals surface area (Å²) in [6, 6.07) is 10.6. The van der Waals surface area contributed by atoms with Crippen LogP contribution in [-0.2, 0) is 6.18 Å². The molecule has 0 amide bonds. The summed E-state index contributed by atoms with van der Waals surface area (Å²) in [4.78, 5) is 1.40. The van der Waals surface area contributed by atoms with Crippen molar-refractivity contribution in [1.29, 1.82) is 0 Å². The van der Waals surface area contributed by atoms with Gasteiger partial charge >= 0.3 is 6.18 Å². The number of hydrogen-bond donors (Lipinski definition) is 0. The lowest BCUT2D eigenvalue weighted by Crippen LogP contribution is -2.04. The van der Waals surface area contributed by atoms with E-state index in [1.807, 2.05) is 13.0 Å². The van der Waals surface area contributed by atoms with Crippen molar-refractivity contribution in [2.45, 2.75) is 22.9 Å². The van der Waals surface area contributed by atoms with Crippen LogP contribution in [0.1, 0.15) is 11.1 Å². The molecule has 2 aromatic carbocycles. The van der Waals surface area contributed by atoms with Gasteiger partial charge in [-0.3, -0.25) is 0 Å². The quantitative estimate of drug-likeness (QED) is 0.673. The van der Waals surface area contributed by atoms with Crippen LogP contribution < -0.4 is 0 Å². The van der Waals surface area contributed by atoms with E-state index >= 15 is 0 Å². The summed E-state index contributed by atoms with van der Waals surface area (Å²) < 4.78 is 37.9. The SMILES string of the molecule is Cc1ccc(Cl)cc1Sc1cccc(C(F)(F)F)c1. The molecule has 0 aliphatic heterocycles. The van der Waals surface area contributed by atoms with Gasteiger partial charge < -0.3 is 0 Å². The van der Waals surface area contributed by atoms with Crippen LogP contribution in [0.15, 0.2) is 52.3 Å². The van der Waals surface area contributed by atoms with E-state index in [0.717, 1.165) is 22.6 Å². The number of benzene rings is 2. The first-order valence-corrected chi connectivity index (χ1v) is 6.67. The van der Waals surface area contributed by atoms with Crippen LogP contribution in [0.5, 0.6) is 0 Å². The lowest BCUT2D eigenvalue weighted by molar-refractivity contribution is -0.137. The van der Waals surface area contributed by atoms with Crippen molar-refractivity contribution in [3.05, 3.63) is 58.6 Å². The molecule has 0 radical (unpaired) electrons. The standard InChI is InChI=1S/C14H10ClF3S/c1-9-5-6-11(15)8-13(9)19-12-4-2-3-10(7-12)14(16,17)18/h2-8H,1H3. The maximum absolute atomic E-state index is 12.6. The Morgan fingerprint density at radius 2 is 1.79 bits per heavy atom. The van der Waals surface area contributed by atoms with Crippen LogP contribution in [-0.4, -0.2) is 0 Å². The van der Waals surface area contributed by atoms with E-state index in [1.165, 1.54) is 17.8 Å². The van der Waals surface area contributed by atoms with Crippen LogP contribution in [0.4, 0.5) is 13.2 Å². The fraction of sp³-hybridized carbons (Fsp3) is 0.143. The van der Waals surface area contributed by atoms with Crippen LogP contribution >= 0.6 is 23.4 Å². The van der Waals surface area contributed by atoms with E-state index in [-0.39, 0.29) is 0 Å². The molecule has 5 heteroatoms. The highest BCUT2D eigenvalue weighted by atomic mass is 35.5. The maximum Gasteiger partial charge on any atom is 0.416 e. The molecular formula is C14H10ClF3S. The van der Waals surface area contributed by atoms with Gasteiger partial charge in [-0.25, -0.2) is 0 Å². The summed E-state index contributed by atoms with van der Waals surface area (Å²) in [5.41, 5.74) is 0.337. The second-order valence-corrected chi connectivity index (χ2v) is 5.59. The Labute approximate surface area is 118 Å². The monoisotopic (exact) mass is 302 g/mol. The van der Waals surface area contributed by atoms with Crippen molar-refractivity contribution in [2.75, 3.05) is 0 Å². The van der Waals surface area contributed by atoms with Gasteiger partial charge in [0.25, 0.3) is 0 Å². The van der Waals surface area contributed by atoms with Gasteiger partial charge in [-0.2, -0.15) is 13.2 Å². The van der Waals surface area contributed by atoms with Gasteiger partial charge in [0.05, 0.1) is 5.56 Å². The normalized spacial score (nSPS) is 11.6. The summed E-state index contributed by atoms with van der Waals surface area (Å²) in [7, 11) is 0. The number of alkyl halides is 3. The highest BCUT2D eigenvalue weighted by molar-refractivity contribution is 7.99. The van der Waals surface area contributed by atoms with Crippen LogP contribution in [0.3, 0.4) is 0 Å². The average molecular weight is 303 g/mol. The number of aryl methyl sites for hydroxylation is 1. The van der Waals surface area contributed by atoms with E-state index in [1.54, 1.807) is 18.2 Å². The first kappa shape index (κ1) is 14.3. The van der Waals surface area contributed by atoms with Crippen LogP contribution in [0, 0.1) is 6.92 Å². The molecule has 0 bridgehead atoms. The third kappa shape index (κ3) is 3.67. The molecule has 0 aromatic heterocycles. The zero-order valence-corrected chi connectivity index (χ0v) is 11.5. The minimum absolute atomic E-state index is 0.542. The largest absolute Gasteiger partial charge is 0.416 e. The Bertz CT molecular complexity index is 593. The highest BCUT2D eigenvalue weighted by Gasteiger charge is 2.30. The van der Waals surface area contributed by atoms with Gasteiger partial charge in [-0.05, 0) is 42.8 Å². The summed E-state index contributed by atoms with van der Waals surface area (Å²) >= 11 is 7.17. The third-order valence-corrected chi connectivity index (χ3v) is 3.92. The first-order chi connectivity index (χ1) is 8.86.